The Bertz CT molecular complexity index is 1920. The largest absolute Gasteiger partial charge is 0.405 e. The van der Waals surface area contributed by atoms with Crippen LogP contribution in [0.5, 0.6) is 0 Å². The average Bonchev–Trinajstić information content (AvgIpc) is 3.24. The number of aliphatic hydroxyl groups excluding tert-OH is 4. The average molecular weight is 858 g/mol. The van der Waals surface area contributed by atoms with Crippen LogP contribution in [0.2, 0.25) is 10.1 Å². The fourth-order valence-corrected chi connectivity index (χ4v) is 18.0. The third-order valence-electron chi connectivity index (χ3n) is 11.8. The Kier molecular flexibility index (Phi) is 14.6. The highest BCUT2D eigenvalue weighted by molar-refractivity contribution is 7.00. The Labute approximate surface area is 354 Å². The van der Waals surface area contributed by atoms with Crippen molar-refractivity contribution >= 4 is 37.4 Å². The van der Waals surface area contributed by atoms with Crippen molar-refractivity contribution in [3.8, 4) is 0 Å². The van der Waals surface area contributed by atoms with Gasteiger partial charge in [-0.1, -0.05) is 168 Å². The molecule has 0 amide bonds. The first-order chi connectivity index (χ1) is 28.6. The van der Waals surface area contributed by atoms with Crippen molar-refractivity contribution in [1.82, 2.24) is 0 Å². The molecule has 4 aromatic rings. The van der Waals surface area contributed by atoms with Gasteiger partial charge >= 0.3 is 0 Å². The molecule has 0 spiro atoms. The van der Waals surface area contributed by atoms with Crippen LogP contribution in [0.3, 0.4) is 0 Å². The van der Waals surface area contributed by atoms with E-state index in [1.165, 1.54) is 7.11 Å². The first-order valence-electron chi connectivity index (χ1n) is 20.4. The predicted molar refractivity (Wildman–Crippen MR) is 233 cm³/mol. The molecular weight excluding hydrogens is 799 g/mol. The third kappa shape index (κ3) is 8.92. The fraction of sp³-hybridized carbons (Fsp3) is 0.467. The number of aliphatic hydroxyl groups is 4. The number of rotatable bonds is 14. The van der Waals surface area contributed by atoms with Crippen LogP contribution < -0.4 is 20.7 Å². The highest BCUT2D eigenvalue weighted by Gasteiger charge is 2.56. The maximum atomic E-state index is 11.9. The molecule has 13 nitrogen and oxygen atoms in total. The molecule has 322 valence electrons. The molecule has 2 heterocycles. The molecule has 2 fully saturated rings. The predicted octanol–water partition coefficient (Wildman–Crippen LogP) is 3.74. The number of ether oxygens (including phenoxy) is 4. The Hall–Kier alpha value is -3.78. The second kappa shape index (κ2) is 19.1. The van der Waals surface area contributed by atoms with Crippen molar-refractivity contribution in [2.75, 3.05) is 20.3 Å². The van der Waals surface area contributed by atoms with Gasteiger partial charge in [0.15, 0.2) is 12.6 Å². The molecule has 2 aliphatic heterocycles. The zero-order valence-corrected chi connectivity index (χ0v) is 37.3. The molecule has 0 bridgehead atoms. The fourth-order valence-electron chi connectivity index (χ4n) is 8.84. The molecule has 2 aliphatic rings. The van der Waals surface area contributed by atoms with Crippen LogP contribution in [0.25, 0.3) is 10.4 Å². The summed E-state index contributed by atoms with van der Waals surface area (Å²) in [5.74, 6) is 0. The van der Waals surface area contributed by atoms with Gasteiger partial charge in [-0.15, -0.1) is 0 Å². The Morgan fingerprint density at radius 3 is 1.32 bits per heavy atom. The summed E-state index contributed by atoms with van der Waals surface area (Å²) >= 11 is 0. The summed E-state index contributed by atoms with van der Waals surface area (Å²) in [5.41, 5.74) is 9.50. The summed E-state index contributed by atoms with van der Waals surface area (Å²) in [4.78, 5) is 2.94. The molecule has 4 N–H and O–H groups in total. The van der Waals surface area contributed by atoms with Crippen molar-refractivity contribution in [2.45, 2.75) is 113 Å². The monoisotopic (exact) mass is 857 g/mol. The van der Waals surface area contributed by atoms with Gasteiger partial charge in [-0.05, 0) is 36.4 Å². The van der Waals surface area contributed by atoms with Crippen LogP contribution in [0, 0.1) is 0 Å². The minimum atomic E-state index is -3.15. The van der Waals surface area contributed by atoms with E-state index in [1.807, 2.05) is 97.1 Å². The number of benzene rings is 4. The SMILES string of the molecule is CO[C@@H]1O[C@H](CO[Si](c2ccccc2)(c2ccccc2)C(C)(C)C)[C@@H](O[C@@H]2O[C@H](CO[Si](c3ccccc3)(c3ccccc3)C(C)(C)C)[C@H](O)[C@H](O)[C@H]2O)[C@H](O)[C@H]1N=[N+]=[N-]. The van der Waals surface area contributed by atoms with Crippen LogP contribution >= 0.6 is 0 Å². The Morgan fingerprint density at radius 2 is 0.950 bits per heavy atom. The van der Waals surface area contributed by atoms with Crippen molar-refractivity contribution in [3.63, 3.8) is 0 Å². The van der Waals surface area contributed by atoms with E-state index in [0.29, 0.717) is 0 Å². The van der Waals surface area contributed by atoms with Gasteiger partial charge in [0.05, 0.1) is 19.3 Å². The summed E-state index contributed by atoms with van der Waals surface area (Å²) in [6.07, 6.45) is -12.9. The first kappa shape index (κ1) is 45.7. The maximum absolute atomic E-state index is 11.9. The lowest BCUT2D eigenvalue weighted by Gasteiger charge is -2.49. The van der Waals surface area contributed by atoms with Crippen LogP contribution in [-0.2, 0) is 27.8 Å². The highest BCUT2D eigenvalue weighted by Crippen LogP contribution is 2.40. The van der Waals surface area contributed by atoms with Crippen molar-refractivity contribution in [3.05, 3.63) is 132 Å². The molecule has 0 unspecified atom stereocenters. The smallest absolute Gasteiger partial charge is 0.261 e. The highest BCUT2D eigenvalue weighted by atomic mass is 28.4. The second-order valence-electron chi connectivity index (χ2n) is 17.5. The molecule has 60 heavy (non-hydrogen) atoms. The molecule has 0 aromatic heterocycles. The zero-order chi connectivity index (χ0) is 43.3. The van der Waals surface area contributed by atoms with Crippen LogP contribution in [-0.4, -0.2) is 119 Å². The Balaban J connectivity index is 1.34. The van der Waals surface area contributed by atoms with Gasteiger partial charge in [0.1, 0.15) is 42.7 Å². The van der Waals surface area contributed by atoms with Gasteiger partial charge in [-0.3, -0.25) is 0 Å². The van der Waals surface area contributed by atoms with Crippen LogP contribution in [0.1, 0.15) is 41.5 Å². The number of hydrogen-bond acceptors (Lipinski definition) is 11. The van der Waals surface area contributed by atoms with Crippen LogP contribution in [0.4, 0.5) is 0 Å². The summed E-state index contributed by atoms with van der Waals surface area (Å²) < 4.78 is 39.0. The van der Waals surface area contributed by atoms with Gasteiger partial charge in [-0.25, -0.2) is 0 Å². The van der Waals surface area contributed by atoms with E-state index in [2.05, 4.69) is 75.8 Å². The van der Waals surface area contributed by atoms with E-state index >= 15 is 0 Å². The van der Waals surface area contributed by atoms with Gasteiger partial charge in [0.25, 0.3) is 16.6 Å². The molecule has 0 aliphatic carbocycles. The van der Waals surface area contributed by atoms with E-state index in [-0.39, 0.29) is 13.2 Å². The number of hydrogen-bond donors (Lipinski definition) is 4. The molecule has 0 radical (unpaired) electrons. The minimum absolute atomic E-state index is 0.119. The van der Waals surface area contributed by atoms with Crippen molar-refractivity contribution in [1.29, 1.82) is 0 Å². The lowest BCUT2D eigenvalue weighted by Crippen LogP contribution is -2.69. The van der Waals surface area contributed by atoms with E-state index in [0.717, 1.165) is 20.7 Å². The van der Waals surface area contributed by atoms with Gasteiger partial charge in [-0.2, -0.15) is 0 Å². The second-order valence-corrected chi connectivity index (χ2v) is 26.1. The van der Waals surface area contributed by atoms with Crippen molar-refractivity contribution in [2.24, 2.45) is 5.11 Å². The Morgan fingerprint density at radius 1 is 0.567 bits per heavy atom. The minimum Gasteiger partial charge on any atom is -0.405 e. The van der Waals surface area contributed by atoms with E-state index in [1.54, 1.807) is 0 Å². The maximum Gasteiger partial charge on any atom is 0.261 e. The molecule has 2 saturated heterocycles. The topological polar surface area (TPSA) is 185 Å². The lowest BCUT2D eigenvalue weighted by molar-refractivity contribution is -0.344. The number of nitrogens with zero attached hydrogens (tertiary/aromatic N) is 3. The third-order valence-corrected chi connectivity index (χ3v) is 21.8. The molecular formula is C45H59N3O10Si2. The molecule has 10 atom stereocenters. The van der Waals surface area contributed by atoms with Gasteiger partial charge in [0, 0.05) is 12.0 Å². The molecule has 15 heteroatoms. The molecule has 4 aromatic carbocycles. The van der Waals surface area contributed by atoms with E-state index in [4.69, 9.17) is 27.8 Å². The lowest BCUT2D eigenvalue weighted by atomic mass is 9.96. The standard InChI is InChI=1S/C45H59N3O10Si2/c1-44(2,3)59(30-20-12-8-13-21-30,31-22-14-9-15-23-31)54-28-34-37(49)39(51)40(52)43(56-34)58-41-35(57-42(53-7)36(38(41)50)47-48-46)29-55-60(45(4,5)6,32-24-16-10-17-25-32)33-26-18-11-19-27-33/h8-27,34-43,49-52H,28-29H2,1-7H3/t34-,35-,36-,37+,38-,39+,40-,41-,42-,43+/m1/s1. The number of methoxy groups -OCH3 is 1. The van der Waals surface area contributed by atoms with Crippen molar-refractivity contribution < 1.29 is 48.2 Å². The summed E-state index contributed by atoms with van der Waals surface area (Å²) in [6, 6.07) is 38.7. The number of azide groups is 1. The summed E-state index contributed by atoms with van der Waals surface area (Å²) in [7, 11) is -4.91. The molecule has 0 saturated carbocycles. The zero-order valence-electron chi connectivity index (χ0n) is 35.3. The van der Waals surface area contributed by atoms with Gasteiger partial charge in [0.2, 0.25) is 0 Å². The quantitative estimate of drug-likeness (QED) is 0.0631. The first-order valence-corrected chi connectivity index (χ1v) is 24.2. The van der Waals surface area contributed by atoms with Gasteiger partial charge < -0.3 is 48.2 Å². The van der Waals surface area contributed by atoms with E-state index in [9.17, 15) is 26.0 Å². The summed E-state index contributed by atoms with van der Waals surface area (Å²) in [6.45, 7) is 12.5. The molecule has 6 rings (SSSR count). The van der Waals surface area contributed by atoms with Crippen LogP contribution in [0.15, 0.2) is 126 Å². The summed E-state index contributed by atoms with van der Waals surface area (Å²) in [5, 5.41) is 53.1. The van der Waals surface area contributed by atoms with E-state index < -0.39 is 88.1 Å². The normalized spacial score (nSPS) is 27.9.